The highest BCUT2D eigenvalue weighted by molar-refractivity contribution is 7.89. The average molecular weight is 430 g/mol. The van der Waals surface area contributed by atoms with Crippen LogP contribution in [-0.2, 0) is 32.7 Å². The van der Waals surface area contributed by atoms with E-state index in [-0.39, 0.29) is 15.9 Å². The summed E-state index contributed by atoms with van der Waals surface area (Å²) in [6.07, 6.45) is -5.35. The first-order valence-corrected chi connectivity index (χ1v) is 9.98. The molecule has 6 nitrogen and oxygen atoms in total. The Kier molecular flexibility index (Phi) is 6.71. The van der Waals surface area contributed by atoms with Gasteiger partial charge < -0.3 is 10.6 Å². The van der Waals surface area contributed by atoms with E-state index in [0.29, 0.717) is 16.7 Å². The molecule has 0 aliphatic carbocycles. The highest BCUT2D eigenvalue weighted by Gasteiger charge is 2.45. The zero-order valence-corrected chi connectivity index (χ0v) is 16.9. The number of benzene rings is 2. The molecule has 0 fully saturated rings. The van der Waals surface area contributed by atoms with Crippen molar-refractivity contribution in [3.63, 3.8) is 0 Å². The van der Waals surface area contributed by atoms with E-state index >= 15 is 0 Å². The van der Waals surface area contributed by atoms with E-state index in [1.807, 2.05) is 0 Å². The SMILES string of the molecule is Cc1cc(C)c(S(=O)(=O)N(Cc2ccc(CN)cc2)OC(=O)C(F)(F)F)c(C)c1. The van der Waals surface area contributed by atoms with Gasteiger partial charge in [-0.2, -0.15) is 13.2 Å². The molecule has 10 heteroatoms. The predicted octanol–water partition coefficient (Wildman–Crippen LogP) is 3.28. The second-order valence-electron chi connectivity index (χ2n) is 6.59. The molecule has 2 N–H and O–H groups in total. The summed E-state index contributed by atoms with van der Waals surface area (Å²) in [6.45, 7) is 4.45. The minimum absolute atomic E-state index is 0.0743. The van der Waals surface area contributed by atoms with Gasteiger partial charge in [0.2, 0.25) is 0 Å². The normalized spacial score (nSPS) is 12.3. The minimum Gasteiger partial charge on any atom is -0.345 e. The maximum Gasteiger partial charge on any atom is 0.492 e. The molecule has 0 aromatic heterocycles. The molecule has 2 rings (SSSR count). The molecule has 2 aromatic carbocycles. The van der Waals surface area contributed by atoms with Gasteiger partial charge in [-0.25, -0.2) is 13.2 Å². The van der Waals surface area contributed by atoms with Crippen LogP contribution in [0.4, 0.5) is 13.2 Å². The first-order chi connectivity index (χ1) is 13.4. The Morgan fingerprint density at radius 1 is 1.03 bits per heavy atom. The Hall–Kier alpha value is -2.43. The number of nitrogens with zero attached hydrogens (tertiary/aromatic N) is 1. The monoisotopic (exact) mass is 430 g/mol. The lowest BCUT2D eigenvalue weighted by Gasteiger charge is -2.23. The van der Waals surface area contributed by atoms with E-state index < -0.39 is 28.7 Å². The third-order valence-electron chi connectivity index (χ3n) is 4.12. The number of hydroxylamine groups is 1. The fourth-order valence-corrected chi connectivity index (χ4v) is 4.54. The van der Waals surface area contributed by atoms with Crippen molar-refractivity contribution in [1.29, 1.82) is 0 Å². The lowest BCUT2D eigenvalue weighted by Crippen LogP contribution is -2.38. The molecule has 0 spiro atoms. The minimum atomic E-state index is -5.35. The fraction of sp³-hybridized carbons (Fsp3) is 0.316. The van der Waals surface area contributed by atoms with Crippen molar-refractivity contribution in [3.8, 4) is 0 Å². The first-order valence-electron chi connectivity index (χ1n) is 8.54. The molecule has 0 aliphatic rings. The summed E-state index contributed by atoms with van der Waals surface area (Å²) in [4.78, 5) is 15.5. The van der Waals surface area contributed by atoms with Crippen molar-refractivity contribution in [2.75, 3.05) is 0 Å². The number of alkyl halides is 3. The first kappa shape index (κ1) is 22.9. The predicted molar refractivity (Wildman–Crippen MR) is 99.9 cm³/mol. The lowest BCUT2D eigenvalue weighted by atomic mass is 10.1. The van der Waals surface area contributed by atoms with Crippen LogP contribution in [0.15, 0.2) is 41.3 Å². The van der Waals surface area contributed by atoms with E-state index in [2.05, 4.69) is 4.84 Å². The molecule has 29 heavy (non-hydrogen) atoms. The van der Waals surface area contributed by atoms with Crippen LogP contribution in [0.3, 0.4) is 0 Å². The van der Waals surface area contributed by atoms with Crippen LogP contribution in [0.5, 0.6) is 0 Å². The quantitative estimate of drug-likeness (QED) is 0.711. The van der Waals surface area contributed by atoms with Crippen LogP contribution in [-0.4, -0.2) is 25.0 Å². The summed E-state index contributed by atoms with van der Waals surface area (Å²) in [5.41, 5.74) is 8.02. The van der Waals surface area contributed by atoms with E-state index in [1.54, 1.807) is 31.2 Å². The van der Waals surface area contributed by atoms with Gasteiger partial charge in [0.15, 0.2) is 0 Å². The Morgan fingerprint density at radius 2 is 1.52 bits per heavy atom. The molecule has 0 aliphatic heterocycles. The Labute approximate surface area is 167 Å². The Morgan fingerprint density at radius 3 is 1.97 bits per heavy atom. The summed E-state index contributed by atoms with van der Waals surface area (Å²) in [6, 6.07) is 9.38. The number of carbonyl (C=O) groups is 1. The van der Waals surface area contributed by atoms with E-state index in [4.69, 9.17) is 5.73 Å². The van der Waals surface area contributed by atoms with Gasteiger partial charge in [-0.05, 0) is 47.5 Å². The smallest absolute Gasteiger partial charge is 0.345 e. The van der Waals surface area contributed by atoms with Crippen LogP contribution in [0.2, 0.25) is 0 Å². The van der Waals surface area contributed by atoms with E-state index in [0.717, 1.165) is 11.1 Å². The lowest BCUT2D eigenvalue weighted by molar-refractivity contribution is -0.223. The molecule has 0 saturated heterocycles. The molecular formula is C19H21F3N2O4S. The second-order valence-corrected chi connectivity index (χ2v) is 8.36. The van der Waals surface area contributed by atoms with Crippen molar-refractivity contribution < 1.29 is 31.2 Å². The van der Waals surface area contributed by atoms with Gasteiger partial charge in [-0.3, -0.25) is 0 Å². The van der Waals surface area contributed by atoms with Gasteiger partial charge >= 0.3 is 12.1 Å². The van der Waals surface area contributed by atoms with Gasteiger partial charge in [0, 0.05) is 6.54 Å². The molecule has 0 radical (unpaired) electrons. The highest BCUT2D eigenvalue weighted by Crippen LogP contribution is 2.28. The molecule has 0 amide bonds. The van der Waals surface area contributed by atoms with Gasteiger partial charge in [0.25, 0.3) is 10.0 Å². The Balaban J connectivity index is 2.51. The van der Waals surface area contributed by atoms with Gasteiger partial charge in [0.05, 0.1) is 11.4 Å². The molecule has 158 valence electrons. The number of rotatable bonds is 6. The van der Waals surface area contributed by atoms with E-state index in [9.17, 15) is 26.4 Å². The average Bonchev–Trinajstić information content (AvgIpc) is 2.59. The number of carbonyl (C=O) groups excluding carboxylic acids is 1. The van der Waals surface area contributed by atoms with Crippen molar-refractivity contribution in [3.05, 3.63) is 64.2 Å². The number of hydrogen-bond donors (Lipinski definition) is 1. The highest BCUT2D eigenvalue weighted by atomic mass is 32.2. The van der Waals surface area contributed by atoms with Crippen LogP contribution >= 0.6 is 0 Å². The number of sulfonamides is 1. The van der Waals surface area contributed by atoms with Crippen LogP contribution in [0, 0.1) is 20.8 Å². The molecule has 0 unspecified atom stereocenters. The van der Waals surface area contributed by atoms with Gasteiger partial charge in [-0.1, -0.05) is 42.0 Å². The van der Waals surface area contributed by atoms with Crippen LogP contribution in [0.1, 0.15) is 27.8 Å². The summed E-state index contributed by atoms with van der Waals surface area (Å²) in [5.74, 6) is -2.62. The zero-order valence-electron chi connectivity index (χ0n) is 16.1. The third-order valence-corrected chi connectivity index (χ3v) is 6.02. The van der Waals surface area contributed by atoms with Gasteiger partial charge in [0.1, 0.15) is 0 Å². The summed E-state index contributed by atoms with van der Waals surface area (Å²) < 4.78 is 64.6. The van der Waals surface area contributed by atoms with Crippen molar-refractivity contribution >= 4 is 16.0 Å². The molecule has 0 atom stereocenters. The van der Waals surface area contributed by atoms with Crippen LogP contribution in [0.25, 0.3) is 0 Å². The topological polar surface area (TPSA) is 89.7 Å². The Bertz CT molecular complexity index is 980. The molecule has 0 saturated carbocycles. The van der Waals surface area contributed by atoms with Crippen molar-refractivity contribution in [2.24, 2.45) is 5.73 Å². The van der Waals surface area contributed by atoms with Crippen molar-refractivity contribution in [2.45, 2.75) is 44.9 Å². The van der Waals surface area contributed by atoms with Gasteiger partial charge in [-0.15, -0.1) is 0 Å². The second kappa shape index (κ2) is 8.52. The summed E-state index contributed by atoms with van der Waals surface area (Å²) in [7, 11) is -4.58. The molecular weight excluding hydrogens is 409 g/mol. The third kappa shape index (κ3) is 5.34. The molecule has 2 aromatic rings. The number of halogens is 3. The molecule has 0 heterocycles. The fourth-order valence-electron chi connectivity index (χ4n) is 2.92. The van der Waals surface area contributed by atoms with E-state index in [1.165, 1.54) is 26.0 Å². The maximum absolute atomic E-state index is 13.1. The number of hydrogen-bond acceptors (Lipinski definition) is 5. The van der Waals surface area contributed by atoms with Crippen LogP contribution < -0.4 is 5.73 Å². The number of aryl methyl sites for hydroxylation is 3. The standard InChI is InChI=1S/C19H21F3N2O4S/c1-12-8-13(2)17(14(3)9-12)29(26,27)24(28-18(25)19(20,21)22)11-16-6-4-15(10-23)5-7-16/h4-9H,10-11,23H2,1-3H3. The molecule has 0 bridgehead atoms. The maximum atomic E-state index is 13.1. The largest absolute Gasteiger partial charge is 0.492 e. The van der Waals surface area contributed by atoms with Crippen molar-refractivity contribution in [1.82, 2.24) is 4.47 Å². The summed E-state index contributed by atoms with van der Waals surface area (Å²) in [5, 5.41) is 0. The summed E-state index contributed by atoms with van der Waals surface area (Å²) >= 11 is 0. The zero-order chi connectivity index (χ0) is 22.0. The number of nitrogens with two attached hydrogens (primary N) is 1.